The average molecular weight is 358 g/mol. The minimum Gasteiger partial charge on any atom is -0.488 e. The topological polar surface area (TPSA) is 9.23 Å². The highest BCUT2D eigenvalue weighted by Gasteiger charge is 2.28. The van der Waals surface area contributed by atoms with Crippen LogP contribution in [-0.2, 0) is 0 Å². The van der Waals surface area contributed by atoms with Crippen LogP contribution in [0.2, 0.25) is 0 Å². The van der Waals surface area contributed by atoms with E-state index in [2.05, 4.69) is 60.7 Å². The fourth-order valence-corrected chi connectivity index (χ4v) is 3.08. The molecule has 0 heterocycles. The minimum absolute atomic E-state index is 0.0637. The summed E-state index contributed by atoms with van der Waals surface area (Å²) >= 11 is 2.50. The molecular formula is C16H23IO. The predicted octanol–water partition coefficient (Wildman–Crippen LogP) is 5.67. The molecule has 0 N–H and O–H groups in total. The first-order chi connectivity index (χ1) is 8.63. The molecule has 0 radical (unpaired) electrons. The number of hydrogen-bond donors (Lipinski definition) is 0. The van der Waals surface area contributed by atoms with Crippen LogP contribution < -0.4 is 4.74 Å². The Hall–Kier alpha value is -0.250. The molecule has 1 aromatic rings. The molecule has 1 saturated carbocycles. The van der Waals surface area contributed by atoms with E-state index in [0.717, 1.165) is 5.75 Å². The van der Waals surface area contributed by atoms with Gasteiger partial charge in [0.2, 0.25) is 0 Å². The third-order valence-corrected chi connectivity index (χ3v) is 5.48. The molecule has 0 amide bonds. The average Bonchev–Trinajstić information content (AvgIpc) is 2.39. The molecule has 1 unspecified atom stereocenters. The molecule has 0 bridgehead atoms. The maximum atomic E-state index is 6.21. The van der Waals surface area contributed by atoms with Crippen molar-refractivity contribution in [2.24, 2.45) is 0 Å². The summed E-state index contributed by atoms with van der Waals surface area (Å²) in [6, 6.07) is 8.69. The summed E-state index contributed by atoms with van der Waals surface area (Å²) in [5.41, 5.74) is 1.47. The molecular weight excluding hydrogens is 335 g/mol. The largest absolute Gasteiger partial charge is 0.488 e. The molecule has 1 aromatic carbocycles. The van der Waals surface area contributed by atoms with E-state index in [-0.39, 0.29) is 5.60 Å². The van der Waals surface area contributed by atoms with E-state index in [1.54, 1.807) is 0 Å². The Kier molecular flexibility index (Phi) is 4.93. The van der Waals surface area contributed by atoms with E-state index < -0.39 is 0 Å². The summed E-state index contributed by atoms with van der Waals surface area (Å²) in [6.07, 6.45) is 7.54. The van der Waals surface area contributed by atoms with Crippen molar-refractivity contribution in [1.29, 1.82) is 0 Å². The molecule has 2 rings (SSSR count). The van der Waals surface area contributed by atoms with Gasteiger partial charge in [0.15, 0.2) is 0 Å². The van der Waals surface area contributed by atoms with Crippen molar-refractivity contribution in [3.8, 4) is 5.75 Å². The Morgan fingerprint density at radius 2 is 1.78 bits per heavy atom. The molecule has 1 atom stereocenters. The Bertz CT molecular complexity index is 365. The van der Waals surface area contributed by atoms with Crippen LogP contribution in [0.4, 0.5) is 0 Å². The second kappa shape index (κ2) is 6.27. The normalized spacial score (nSPS) is 20.4. The van der Waals surface area contributed by atoms with Gasteiger partial charge < -0.3 is 4.74 Å². The van der Waals surface area contributed by atoms with Crippen molar-refractivity contribution < 1.29 is 4.74 Å². The lowest BCUT2D eigenvalue weighted by Crippen LogP contribution is -2.34. The molecule has 1 aliphatic carbocycles. The molecule has 1 nitrogen and oxygen atoms in total. The van der Waals surface area contributed by atoms with Crippen molar-refractivity contribution in [3.63, 3.8) is 0 Å². The summed E-state index contributed by atoms with van der Waals surface area (Å²) in [7, 11) is 0. The first-order valence-corrected chi connectivity index (χ1v) is 8.30. The summed E-state index contributed by atoms with van der Waals surface area (Å²) in [5.74, 6) is 1.03. The van der Waals surface area contributed by atoms with E-state index in [1.165, 1.54) is 44.1 Å². The SMILES string of the molecule is CCC(I)c1ccc(OC2(C)CCCCC2)cc1. The van der Waals surface area contributed by atoms with Crippen molar-refractivity contribution in [2.45, 2.75) is 61.9 Å². The monoisotopic (exact) mass is 358 g/mol. The highest BCUT2D eigenvalue weighted by atomic mass is 127. The smallest absolute Gasteiger partial charge is 0.120 e. The first-order valence-electron chi connectivity index (χ1n) is 7.06. The van der Waals surface area contributed by atoms with Crippen molar-refractivity contribution >= 4 is 22.6 Å². The van der Waals surface area contributed by atoms with E-state index in [1.807, 2.05) is 0 Å². The van der Waals surface area contributed by atoms with Gasteiger partial charge in [0, 0.05) is 3.92 Å². The van der Waals surface area contributed by atoms with E-state index in [4.69, 9.17) is 4.74 Å². The van der Waals surface area contributed by atoms with Gasteiger partial charge in [-0.05, 0) is 56.7 Å². The Morgan fingerprint density at radius 1 is 1.17 bits per heavy atom. The highest BCUT2D eigenvalue weighted by Crippen LogP contribution is 2.34. The lowest BCUT2D eigenvalue weighted by molar-refractivity contribution is 0.0487. The van der Waals surface area contributed by atoms with Crippen molar-refractivity contribution in [1.82, 2.24) is 0 Å². The quantitative estimate of drug-likeness (QED) is 0.497. The lowest BCUT2D eigenvalue weighted by Gasteiger charge is -2.34. The van der Waals surface area contributed by atoms with Gasteiger partial charge in [-0.25, -0.2) is 0 Å². The van der Waals surface area contributed by atoms with Crippen molar-refractivity contribution in [3.05, 3.63) is 29.8 Å². The maximum absolute atomic E-state index is 6.21. The highest BCUT2D eigenvalue weighted by molar-refractivity contribution is 14.1. The molecule has 0 spiro atoms. The first kappa shape index (κ1) is 14.2. The van der Waals surface area contributed by atoms with Gasteiger partial charge in [0.25, 0.3) is 0 Å². The zero-order valence-corrected chi connectivity index (χ0v) is 13.6. The van der Waals surface area contributed by atoms with Gasteiger partial charge in [-0.1, -0.05) is 48.1 Å². The summed E-state index contributed by atoms with van der Waals surface area (Å²) in [4.78, 5) is 0. The number of hydrogen-bond acceptors (Lipinski definition) is 1. The van der Waals surface area contributed by atoms with E-state index in [9.17, 15) is 0 Å². The Labute approximate surface area is 124 Å². The van der Waals surface area contributed by atoms with Crippen LogP contribution in [0.25, 0.3) is 0 Å². The van der Waals surface area contributed by atoms with Gasteiger partial charge in [-0.3, -0.25) is 0 Å². The van der Waals surface area contributed by atoms with Crippen molar-refractivity contribution in [2.75, 3.05) is 0 Å². The van der Waals surface area contributed by atoms with Crippen LogP contribution in [0, 0.1) is 0 Å². The molecule has 0 saturated heterocycles. The van der Waals surface area contributed by atoms with Gasteiger partial charge in [-0.2, -0.15) is 0 Å². The molecule has 2 heteroatoms. The Morgan fingerprint density at radius 3 is 2.33 bits per heavy atom. The van der Waals surface area contributed by atoms with Crippen LogP contribution in [0.5, 0.6) is 5.75 Å². The number of ether oxygens (including phenoxy) is 1. The fourth-order valence-electron chi connectivity index (χ4n) is 2.67. The number of rotatable bonds is 4. The molecule has 100 valence electrons. The zero-order chi connectivity index (χ0) is 13.0. The molecule has 0 aliphatic heterocycles. The molecule has 1 fully saturated rings. The molecule has 18 heavy (non-hydrogen) atoms. The maximum Gasteiger partial charge on any atom is 0.120 e. The summed E-state index contributed by atoms with van der Waals surface area (Å²) in [6.45, 7) is 4.48. The van der Waals surface area contributed by atoms with Gasteiger partial charge in [-0.15, -0.1) is 0 Å². The van der Waals surface area contributed by atoms with E-state index >= 15 is 0 Å². The second-order valence-electron chi connectivity index (χ2n) is 5.56. The molecule has 1 aliphatic rings. The third-order valence-electron chi connectivity index (χ3n) is 3.88. The minimum atomic E-state index is 0.0637. The fraction of sp³-hybridized carbons (Fsp3) is 0.625. The summed E-state index contributed by atoms with van der Waals surface area (Å²) in [5, 5.41) is 0. The molecule has 0 aromatic heterocycles. The predicted molar refractivity (Wildman–Crippen MR) is 85.6 cm³/mol. The third kappa shape index (κ3) is 3.62. The van der Waals surface area contributed by atoms with Crippen LogP contribution in [0.15, 0.2) is 24.3 Å². The van der Waals surface area contributed by atoms with Crippen LogP contribution in [0.1, 0.15) is 61.9 Å². The van der Waals surface area contributed by atoms with Crippen LogP contribution >= 0.6 is 22.6 Å². The second-order valence-corrected chi connectivity index (χ2v) is 7.06. The van der Waals surface area contributed by atoms with Gasteiger partial charge in [0.1, 0.15) is 11.4 Å². The standard InChI is InChI=1S/C16H23IO/c1-3-15(17)13-7-9-14(10-8-13)18-16(2)11-5-4-6-12-16/h7-10,15H,3-6,11-12H2,1-2H3. The number of halogens is 1. The Balaban J connectivity index is 2.01. The zero-order valence-electron chi connectivity index (χ0n) is 11.4. The van der Waals surface area contributed by atoms with Gasteiger partial charge >= 0.3 is 0 Å². The van der Waals surface area contributed by atoms with E-state index in [0.29, 0.717) is 3.92 Å². The van der Waals surface area contributed by atoms with Crippen LogP contribution in [-0.4, -0.2) is 5.60 Å². The summed E-state index contributed by atoms with van der Waals surface area (Å²) < 4.78 is 6.82. The lowest BCUT2D eigenvalue weighted by atomic mass is 9.86. The number of benzene rings is 1. The number of alkyl halides is 1. The van der Waals surface area contributed by atoms with Crippen LogP contribution in [0.3, 0.4) is 0 Å². The van der Waals surface area contributed by atoms with Gasteiger partial charge in [0.05, 0.1) is 0 Å².